The monoisotopic (exact) mass is 258 g/mol. The second kappa shape index (κ2) is 4.52. The van der Waals surface area contributed by atoms with Crippen LogP contribution < -0.4 is 10.6 Å². The van der Waals surface area contributed by atoms with E-state index in [1.807, 2.05) is 0 Å². The normalized spacial score (nSPS) is 29.3. The van der Waals surface area contributed by atoms with Crippen molar-refractivity contribution in [1.29, 1.82) is 0 Å². The van der Waals surface area contributed by atoms with Gasteiger partial charge in [-0.25, -0.2) is 0 Å². The molecule has 1 atom stereocenters. The molecule has 19 heavy (non-hydrogen) atoms. The fourth-order valence-electron chi connectivity index (χ4n) is 4.31. The van der Waals surface area contributed by atoms with Gasteiger partial charge >= 0.3 is 0 Å². The van der Waals surface area contributed by atoms with E-state index in [-0.39, 0.29) is 5.54 Å². The molecule has 1 aromatic carbocycles. The van der Waals surface area contributed by atoms with Crippen LogP contribution in [-0.4, -0.2) is 18.6 Å². The van der Waals surface area contributed by atoms with Crippen molar-refractivity contribution in [3.8, 4) is 0 Å². The highest BCUT2D eigenvalue weighted by atomic mass is 15.2. The Morgan fingerprint density at radius 2 is 2.00 bits per heavy atom. The summed E-state index contributed by atoms with van der Waals surface area (Å²) >= 11 is 0. The van der Waals surface area contributed by atoms with Crippen molar-refractivity contribution in [2.45, 2.75) is 51.5 Å². The predicted molar refractivity (Wildman–Crippen MR) is 81.5 cm³/mol. The molecule has 1 aliphatic heterocycles. The van der Waals surface area contributed by atoms with Gasteiger partial charge < -0.3 is 10.6 Å². The maximum absolute atomic E-state index is 6.25. The SMILES string of the molecule is CC1(C)CCCC(CN)(N2CCc3ccccc32)C1. The zero-order chi connectivity index (χ0) is 13.5. The maximum Gasteiger partial charge on any atom is 0.0529 e. The van der Waals surface area contributed by atoms with E-state index in [9.17, 15) is 0 Å². The minimum absolute atomic E-state index is 0.189. The summed E-state index contributed by atoms with van der Waals surface area (Å²) in [5, 5.41) is 0. The first-order valence-corrected chi connectivity index (χ1v) is 7.62. The van der Waals surface area contributed by atoms with Crippen LogP contribution in [0.25, 0.3) is 0 Å². The van der Waals surface area contributed by atoms with Crippen molar-refractivity contribution in [2.75, 3.05) is 18.0 Å². The minimum Gasteiger partial charge on any atom is -0.364 e. The fourth-order valence-corrected chi connectivity index (χ4v) is 4.31. The van der Waals surface area contributed by atoms with Crippen molar-refractivity contribution in [2.24, 2.45) is 11.1 Å². The lowest BCUT2D eigenvalue weighted by Crippen LogP contribution is -2.57. The molecule has 1 saturated carbocycles. The van der Waals surface area contributed by atoms with Crippen LogP contribution in [0.1, 0.15) is 45.1 Å². The molecule has 0 saturated heterocycles. The van der Waals surface area contributed by atoms with Gasteiger partial charge in [0.1, 0.15) is 0 Å². The predicted octanol–water partition coefficient (Wildman–Crippen LogP) is 3.35. The van der Waals surface area contributed by atoms with Crippen molar-refractivity contribution in [3.05, 3.63) is 29.8 Å². The molecule has 0 aromatic heterocycles. The molecule has 1 aromatic rings. The van der Waals surface area contributed by atoms with Gasteiger partial charge in [-0.05, 0) is 42.7 Å². The molecule has 2 heteroatoms. The number of nitrogens with two attached hydrogens (primary N) is 1. The summed E-state index contributed by atoms with van der Waals surface area (Å²) in [6.07, 6.45) is 6.30. The molecule has 0 amide bonds. The Morgan fingerprint density at radius 3 is 2.74 bits per heavy atom. The second-order valence-electron chi connectivity index (χ2n) is 7.15. The highest BCUT2D eigenvalue weighted by Gasteiger charge is 2.44. The number of nitrogens with zero attached hydrogens (tertiary/aromatic N) is 1. The first-order chi connectivity index (χ1) is 9.06. The van der Waals surface area contributed by atoms with Crippen molar-refractivity contribution in [1.82, 2.24) is 0 Å². The Labute approximate surface area is 117 Å². The topological polar surface area (TPSA) is 29.3 Å². The van der Waals surface area contributed by atoms with Gasteiger partial charge in [0, 0.05) is 18.8 Å². The van der Waals surface area contributed by atoms with E-state index >= 15 is 0 Å². The molecule has 2 aliphatic rings. The summed E-state index contributed by atoms with van der Waals surface area (Å²) in [6, 6.07) is 8.87. The quantitative estimate of drug-likeness (QED) is 0.881. The summed E-state index contributed by atoms with van der Waals surface area (Å²) < 4.78 is 0. The third kappa shape index (κ3) is 2.16. The molecule has 104 valence electrons. The van der Waals surface area contributed by atoms with Crippen molar-refractivity contribution < 1.29 is 0 Å². The average molecular weight is 258 g/mol. The van der Waals surface area contributed by atoms with Crippen LogP contribution >= 0.6 is 0 Å². The van der Waals surface area contributed by atoms with Crippen LogP contribution in [0.5, 0.6) is 0 Å². The third-order valence-corrected chi connectivity index (χ3v) is 5.14. The standard InChI is InChI=1S/C17H26N2/c1-16(2)9-5-10-17(12-16,13-18)19-11-8-14-6-3-4-7-15(14)19/h3-4,6-7H,5,8-13,18H2,1-2H3. The molecule has 2 nitrogen and oxygen atoms in total. The number of anilines is 1. The molecule has 1 fully saturated rings. The average Bonchev–Trinajstić information content (AvgIpc) is 2.81. The van der Waals surface area contributed by atoms with E-state index < -0.39 is 0 Å². The smallest absolute Gasteiger partial charge is 0.0529 e. The van der Waals surface area contributed by atoms with Crippen molar-refractivity contribution >= 4 is 5.69 Å². The van der Waals surface area contributed by atoms with E-state index in [1.165, 1.54) is 43.4 Å². The summed E-state index contributed by atoms with van der Waals surface area (Å²) in [6.45, 7) is 6.73. The summed E-state index contributed by atoms with van der Waals surface area (Å²) in [4.78, 5) is 2.63. The Balaban J connectivity index is 1.95. The highest BCUT2D eigenvalue weighted by Crippen LogP contribution is 2.46. The van der Waals surface area contributed by atoms with Gasteiger partial charge in [-0.2, -0.15) is 0 Å². The number of rotatable bonds is 2. The van der Waals surface area contributed by atoms with E-state index in [0.717, 1.165) is 13.1 Å². The molecule has 1 heterocycles. The molecule has 1 unspecified atom stereocenters. The van der Waals surface area contributed by atoms with Gasteiger partial charge in [-0.3, -0.25) is 0 Å². The summed E-state index contributed by atoms with van der Waals surface area (Å²) in [7, 11) is 0. The third-order valence-electron chi connectivity index (χ3n) is 5.14. The zero-order valence-electron chi connectivity index (χ0n) is 12.3. The number of benzene rings is 1. The molecule has 0 radical (unpaired) electrons. The van der Waals surface area contributed by atoms with E-state index in [1.54, 1.807) is 0 Å². The highest BCUT2D eigenvalue weighted by molar-refractivity contribution is 5.60. The van der Waals surface area contributed by atoms with Crippen LogP contribution in [0, 0.1) is 5.41 Å². The van der Waals surface area contributed by atoms with Crippen LogP contribution in [0.15, 0.2) is 24.3 Å². The largest absolute Gasteiger partial charge is 0.364 e. The number of para-hydroxylation sites is 1. The lowest BCUT2D eigenvalue weighted by molar-refractivity contribution is 0.149. The lowest BCUT2D eigenvalue weighted by atomic mass is 9.67. The molecular formula is C17H26N2. The second-order valence-corrected chi connectivity index (χ2v) is 7.15. The molecule has 1 aliphatic carbocycles. The van der Waals surface area contributed by atoms with Crippen LogP contribution in [0.3, 0.4) is 0 Å². The van der Waals surface area contributed by atoms with Gasteiger partial charge in [0.15, 0.2) is 0 Å². The molecule has 0 spiro atoms. The van der Waals surface area contributed by atoms with Crippen LogP contribution in [-0.2, 0) is 6.42 Å². The molecule has 3 rings (SSSR count). The molecule has 2 N–H and O–H groups in total. The van der Waals surface area contributed by atoms with Crippen LogP contribution in [0.4, 0.5) is 5.69 Å². The van der Waals surface area contributed by atoms with Gasteiger partial charge in [-0.15, -0.1) is 0 Å². The summed E-state index contributed by atoms with van der Waals surface area (Å²) in [5.74, 6) is 0. The van der Waals surface area contributed by atoms with E-state index in [4.69, 9.17) is 5.73 Å². The van der Waals surface area contributed by atoms with Gasteiger partial charge in [-0.1, -0.05) is 38.5 Å². The van der Waals surface area contributed by atoms with Gasteiger partial charge in [0.25, 0.3) is 0 Å². The first-order valence-electron chi connectivity index (χ1n) is 7.62. The molecular weight excluding hydrogens is 232 g/mol. The maximum atomic E-state index is 6.25. The fraction of sp³-hybridized carbons (Fsp3) is 0.647. The number of hydrogen-bond donors (Lipinski definition) is 1. The van der Waals surface area contributed by atoms with Gasteiger partial charge in [0.05, 0.1) is 5.54 Å². The first kappa shape index (κ1) is 13.0. The minimum atomic E-state index is 0.189. The Hall–Kier alpha value is -1.02. The van der Waals surface area contributed by atoms with Crippen molar-refractivity contribution in [3.63, 3.8) is 0 Å². The Bertz CT molecular complexity index is 466. The van der Waals surface area contributed by atoms with Crippen LogP contribution in [0.2, 0.25) is 0 Å². The Kier molecular flexibility index (Phi) is 3.09. The lowest BCUT2D eigenvalue weighted by Gasteiger charge is -2.51. The van der Waals surface area contributed by atoms with E-state index in [2.05, 4.69) is 43.0 Å². The molecule has 0 bridgehead atoms. The summed E-state index contributed by atoms with van der Waals surface area (Å²) in [5.41, 5.74) is 9.80. The number of hydrogen-bond acceptors (Lipinski definition) is 2. The van der Waals surface area contributed by atoms with Gasteiger partial charge in [0.2, 0.25) is 0 Å². The Morgan fingerprint density at radius 1 is 1.21 bits per heavy atom. The zero-order valence-corrected chi connectivity index (χ0v) is 12.3. The van der Waals surface area contributed by atoms with E-state index in [0.29, 0.717) is 5.41 Å². The number of fused-ring (bicyclic) bond motifs is 1.